The monoisotopic (exact) mass is 444 g/mol. The first-order valence-electron chi connectivity index (χ1n) is 11.6. The van der Waals surface area contributed by atoms with Crippen molar-refractivity contribution in [3.63, 3.8) is 0 Å². The first kappa shape index (κ1) is 22.6. The Morgan fingerprint density at radius 1 is 1.23 bits per heavy atom. The maximum absolute atomic E-state index is 11.8. The molecular formula is C24H36N4O2S. The second-order valence-corrected chi connectivity index (χ2v) is 11.1. The number of fused-ring (bicyclic) bond motifs is 1. The van der Waals surface area contributed by atoms with Crippen LogP contribution in [0, 0.1) is 11.8 Å². The summed E-state index contributed by atoms with van der Waals surface area (Å²) >= 11 is 1.78. The highest BCUT2D eigenvalue weighted by Crippen LogP contribution is 2.35. The Morgan fingerprint density at radius 3 is 2.65 bits per heavy atom. The van der Waals surface area contributed by atoms with Gasteiger partial charge in [0.15, 0.2) is 0 Å². The van der Waals surface area contributed by atoms with E-state index in [9.17, 15) is 4.79 Å². The number of carbonyl (C=O) groups excluding carboxylic acids is 1. The summed E-state index contributed by atoms with van der Waals surface area (Å²) in [5.74, 6) is 2.46. The normalized spacial score (nSPS) is 19.0. The third-order valence-corrected chi connectivity index (χ3v) is 7.20. The predicted octanol–water partition coefficient (Wildman–Crippen LogP) is 4.23. The molecule has 31 heavy (non-hydrogen) atoms. The Labute approximate surface area is 190 Å². The Kier molecular flexibility index (Phi) is 6.94. The average Bonchev–Trinajstić information content (AvgIpc) is 3.05. The molecule has 0 radical (unpaired) electrons. The molecule has 0 atom stereocenters. The van der Waals surface area contributed by atoms with Gasteiger partial charge in [0.05, 0.1) is 11.0 Å². The topological polar surface area (TPSA) is 59.4 Å². The van der Waals surface area contributed by atoms with Crippen molar-refractivity contribution in [1.29, 1.82) is 0 Å². The summed E-state index contributed by atoms with van der Waals surface area (Å²) in [5, 5.41) is 2.90. The Balaban J connectivity index is 1.46. The van der Waals surface area contributed by atoms with Gasteiger partial charge in [-0.1, -0.05) is 20.8 Å². The summed E-state index contributed by atoms with van der Waals surface area (Å²) in [6.45, 7) is 14.1. The van der Waals surface area contributed by atoms with Crippen LogP contribution in [0.1, 0.15) is 52.8 Å². The van der Waals surface area contributed by atoms with Crippen LogP contribution >= 0.6 is 11.9 Å². The van der Waals surface area contributed by atoms with Crippen LogP contribution in [0.25, 0.3) is 11.0 Å². The van der Waals surface area contributed by atoms with Gasteiger partial charge in [-0.2, -0.15) is 0 Å². The van der Waals surface area contributed by atoms with E-state index >= 15 is 0 Å². The quantitative estimate of drug-likeness (QED) is 0.648. The Morgan fingerprint density at radius 2 is 1.97 bits per heavy atom. The standard InChI is InChI=1S/C24H36N4O2S/c1-5-25-22(29)12-18-14-27(15-18)31-19-6-7-21-20(13-19)26-23(24(2,3)4)28(21)16-17-8-10-30-11-9-17/h6-7,13,17-18H,5,8-12,14-16H2,1-4H3,(H,25,29). The molecule has 1 aromatic carbocycles. The number of amides is 1. The van der Waals surface area contributed by atoms with Gasteiger partial charge in [0, 0.05) is 56.1 Å². The molecule has 4 rings (SSSR count). The summed E-state index contributed by atoms with van der Waals surface area (Å²) in [6, 6.07) is 6.69. The number of nitrogens with one attached hydrogen (secondary N) is 1. The zero-order valence-electron chi connectivity index (χ0n) is 19.3. The van der Waals surface area contributed by atoms with Gasteiger partial charge in [0.1, 0.15) is 5.82 Å². The van der Waals surface area contributed by atoms with Crippen LogP contribution < -0.4 is 5.32 Å². The largest absolute Gasteiger partial charge is 0.381 e. The van der Waals surface area contributed by atoms with Gasteiger partial charge in [0.2, 0.25) is 5.91 Å². The van der Waals surface area contributed by atoms with Crippen molar-refractivity contribution in [2.24, 2.45) is 11.8 Å². The number of imidazole rings is 1. The lowest BCUT2D eigenvalue weighted by Gasteiger charge is -2.37. The number of nitrogens with zero attached hydrogens (tertiary/aromatic N) is 3. The molecular weight excluding hydrogens is 408 g/mol. The fraction of sp³-hybridized carbons (Fsp3) is 0.667. The molecule has 170 valence electrons. The molecule has 0 aliphatic carbocycles. The maximum atomic E-state index is 11.8. The molecule has 1 amide bonds. The molecule has 2 aromatic rings. The van der Waals surface area contributed by atoms with Crippen LogP contribution in [-0.4, -0.2) is 52.6 Å². The van der Waals surface area contributed by atoms with Gasteiger partial charge in [-0.3, -0.25) is 4.79 Å². The number of rotatable bonds is 7. The first-order chi connectivity index (χ1) is 14.8. The highest BCUT2D eigenvalue weighted by molar-refractivity contribution is 7.97. The Hall–Kier alpha value is -1.57. The van der Waals surface area contributed by atoms with Gasteiger partial charge in [0.25, 0.3) is 0 Å². The van der Waals surface area contributed by atoms with E-state index in [1.807, 2.05) is 6.92 Å². The SMILES string of the molecule is CCNC(=O)CC1CN(Sc2ccc3c(c2)nc(C(C)(C)C)n3CC2CCOCC2)C1. The molecule has 6 nitrogen and oxygen atoms in total. The van der Waals surface area contributed by atoms with E-state index in [0.29, 0.717) is 24.8 Å². The van der Waals surface area contributed by atoms with E-state index in [4.69, 9.17) is 9.72 Å². The third-order valence-electron chi connectivity index (χ3n) is 6.18. The minimum absolute atomic E-state index is 0.00124. The van der Waals surface area contributed by atoms with Crippen LogP contribution in [0.3, 0.4) is 0 Å². The third kappa shape index (κ3) is 5.44. The van der Waals surface area contributed by atoms with Crippen molar-refractivity contribution >= 4 is 28.9 Å². The molecule has 1 N–H and O–H groups in total. The maximum Gasteiger partial charge on any atom is 0.220 e. The van der Waals surface area contributed by atoms with E-state index in [0.717, 1.165) is 51.2 Å². The zero-order valence-corrected chi connectivity index (χ0v) is 20.1. The highest BCUT2D eigenvalue weighted by atomic mass is 32.2. The molecule has 7 heteroatoms. The van der Waals surface area contributed by atoms with Gasteiger partial charge in [-0.05, 0) is 61.7 Å². The second kappa shape index (κ2) is 9.51. The molecule has 2 fully saturated rings. The predicted molar refractivity (Wildman–Crippen MR) is 126 cm³/mol. The highest BCUT2D eigenvalue weighted by Gasteiger charge is 2.30. The first-order valence-corrected chi connectivity index (χ1v) is 12.4. The van der Waals surface area contributed by atoms with Crippen LogP contribution in [0.4, 0.5) is 0 Å². The second-order valence-electron chi connectivity index (χ2n) is 9.96. The lowest BCUT2D eigenvalue weighted by molar-refractivity contribution is -0.122. The number of hydrogen-bond acceptors (Lipinski definition) is 5. The number of carbonyl (C=O) groups is 1. The van der Waals surface area contributed by atoms with Crippen molar-refractivity contribution < 1.29 is 9.53 Å². The molecule has 0 spiro atoms. The average molecular weight is 445 g/mol. The molecule has 2 aliphatic heterocycles. The van der Waals surface area contributed by atoms with Crippen LogP contribution in [0.15, 0.2) is 23.1 Å². The fourth-order valence-electron chi connectivity index (χ4n) is 4.52. The van der Waals surface area contributed by atoms with E-state index in [-0.39, 0.29) is 11.3 Å². The fourth-order valence-corrected chi connectivity index (χ4v) is 5.68. The van der Waals surface area contributed by atoms with E-state index in [1.54, 1.807) is 11.9 Å². The van der Waals surface area contributed by atoms with Crippen molar-refractivity contribution in [3.05, 3.63) is 24.0 Å². The number of hydrogen-bond donors (Lipinski definition) is 1. The Bertz CT molecular complexity index is 908. The zero-order chi connectivity index (χ0) is 22.0. The van der Waals surface area contributed by atoms with Gasteiger partial charge >= 0.3 is 0 Å². The van der Waals surface area contributed by atoms with E-state index < -0.39 is 0 Å². The molecule has 2 saturated heterocycles. The molecule has 2 aliphatic rings. The van der Waals surface area contributed by atoms with Crippen molar-refractivity contribution in [2.45, 2.75) is 63.8 Å². The van der Waals surface area contributed by atoms with Crippen LogP contribution in [0.5, 0.6) is 0 Å². The van der Waals surface area contributed by atoms with Crippen LogP contribution in [0.2, 0.25) is 0 Å². The summed E-state index contributed by atoms with van der Waals surface area (Å²) in [5.41, 5.74) is 2.32. The van der Waals surface area contributed by atoms with E-state index in [2.05, 4.69) is 53.2 Å². The molecule has 0 unspecified atom stereocenters. The van der Waals surface area contributed by atoms with Crippen molar-refractivity contribution in [1.82, 2.24) is 19.2 Å². The number of benzene rings is 1. The summed E-state index contributed by atoms with van der Waals surface area (Å²) in [7, 11) is 0. The molecule has 3 heterocycles. The lowest BCUT2D eigenvalue weighted by Crippen LogP contribution is -2.44. The van der Waals surface area contributed by atoms with Crippen LogP contribution in [-0.2, 0) is 21.5 Å². The van der Waals surface area contributed by atoms with Gasteiger partial charge < -0.3 is 14.6 Å². The lowest BCUT2D eigenvalue weighted by atomic mass is 9.94. The summed E-state index contributed by atoms with van der Waals surface area (Å²) < 4.78 is 10.4. The van der Waals surface area contributed by atoms with E-state index in [1.165, 1.54) is 16.2 Å². The molecule has 0 saturated carbocycles. The smallest absolute Gasteiger partial charge is 0.220 e. The number of ether oxygens (including phenoxy) is 1. The van der Waals surface area contributed by atoms with Gasteiger partial charge in [-0.15, -0.1) is 0 Å². The van der Waals surface area contributed by atoms with Gasteiger partial charge in [-0.25, -0.2) is 9.29 Å². The minimum Gasteiger partial charge on any atom is -0.381 e. The molecule has 1 aromatic heterocycles. The van der Waals surface area contributed by atoms with Crippen molar-refractivity contribution in [2.75, 3.05) is 32.8 Å². The number of aromatic nitrogens is 2. The summed E-state index contributed by atoms with van der Waals surface area (Å²) in [4.78, 5) is 18.1. The molecule has 0 bridgehead atoms. The summed E-state index contributed by atoms with van der Waals surface area (Å²) in [6.07, 6.45) is 2.89. The minimum atomic E-state index is 0.00124. The van der Waals surface area contributed by atoms with Crippen molar-refractivity contribution in [3.8, 4) is 0 Å².